The first-order valence-corrected chi connectivity index (χ1v) is 5.55. The molecule has 0 saturated carbocycles. The molecule has 0 aliphatic heterocycles. The van der Waals surface area contributed by atoms with E-state index in [9.17, 15) is 4.79 Å². The third-order valence-electron chi connectivity index (χ3n) is 3.40. The maximum Gasteiger partial charge on any atom is 0.127 e. The molecule has 0 heterocycles. The summed E-state index contributed by atoms with van der Waals surface area (Å²) in [5, 5.41) is 0. The second-order valence-electron chi connectivity index (χ2n) is 4.32. The molecule has 15 heavy (non-hydrogen) atoms. The maximum atomic E-state index is 11.1. The van der Waals surface area contributed by atoms with Gasteiger partial charge in [-0.3, -0.25) is 0 Å². The van der Waals surface area contributed by atoms with Crippen molar-refractivity contribution in [3.05, 3.63) is 33.9 Å². The lowest BCUT2D eigenvalue weighted by Gasteiger charge is -2.19. The van der Waals surface area contributed by atoms with Crippen LogP contribution in [-0.2, 0) is 4.79 Å². The van der Waals surface area contributed by atoms with Gasteiger partial charge in [-0.1, -0.05) is 13.0 Å². The number of benzene rings is 1. The number of aryl methyl sites for hydroxylation is 2. The van der Waals surface area contributed by atoms with Gasteiger partial charge in [0, 0.05) is 5.92 Å². The van der Waals surface area contributed by atoms with Crippen molar-refractivity contribution >= 4 is 6.29 Å². The monoisotopic (exact) mass is 204 g/mol. The van der Waals surface area contributed by atoms with Crippen LogP contribution in [0, 0.1) is 27.7 Å². The summed E-state index contributed by atoms with van der Waals surface area (Å²) in [5.41, 5.74) is 6.36. The minimum Gasteiger partial charge on any atom is -0.303 e. The Labute approximate surface area is 92.5 Å². The zero-order valence-electron chi connectivity index (χ0n) is 10.3. The minimum absolute atomic E-state index is 0.0589. The number of carbonyl (C=O) groups excluding carboxylic acids is 1. The van der Waals surface area contributed by atoms with E-state index in [0.717, 1.165) is 12.7 Å². The zero-order chi connectivity index (χ0) is 11.6. The zero-order valence-corrected chi connectivity index (χ0v) is 10.3. The number of hydrogen-bond acceptors (Lipinski definition) is 1. The van der Waals surface area contributed by atoms with Gasteiger partial charge in [0.1, 0.15) is 6.29 Å². The quantitative estimate of drug-likeness (QED) is 0.687. The highest BCUT2D eigenvalue weighted by atomic mass is 16.1. The summed E-state index contributed by atoms with van der Waals surface area (Å²) in [7, 11) is 0. The Morgan fingerprint density at radius 2 is 1.60 bits per heavy atom. The van der Waals surface area contributed by atoms with E-state index < -0.39 is 0 Å². The van der Waals surface area contributed by atoms with E-state index in [0.29, 0.717) is 0 Å². The third kappa shape index (κ3) is 2.11. The van der Waals surface area contributed by atoms with Gasteiger partial charge >= 0.3 is 0 Å². The van der Waals surface area contributed by atoms with Crippen LogP contribution in [-0.4, -0.2) is 6.29 Å². The topological polar surface area (TPSA) is 17.1 Å². The lowest BCUT2D eigenvalue weighted by atomic mass is 9.85. The molecule has 0 aromatic heterocycles. The molecule has 0 saturated heterocycles. The predicted molar refractivity (Wildman–Crippen MR) is 64.5 cm³/mol. The van der Waals surface area contributed by atoms with Gasteiger partial charge in [0.25, 0.3) is 0 Å². The number of hydrogen-bond donors (Lipinski definition) is 0. The fraction of sp³-hybridized carbons (Fsp3) is 0.500. The Morgan fingerprint density at radius 1 is 1.13 bits per heavy atom. The molecule has 1 unspecified atom stereocenters. The van der Waals surface area contributed by atoms with Gasteiger partial charge in [-0.25, -0.2) is 0 Å². The van der Waals surface area contributed by atoms with Crippen molar-refractivity contribution in [2.24, 2.45) is 0 Å². The lowest BCUT2D eigenvalue weighted by Crippen LogP contribution is -2.06. The van der Waals surface area contributed by atoms with Crippen LogP contribution in [0.25, 0.3) is 0 Å². The Bertz CT molecular complexity index is 351. The van der Waals surface area contributed by atoms with E-state index in [-0.39, 0.29) is 5.92 Å². The Balaban J connectivity index is 3.44. The summed E-state index contributed by atoms with van der Waals surface area (Å²) in [6, 6.07) is 2.20. The van der Waals surface area contributed by atoms with Gasteiger partial charge in [0.15, 0.2) is 0 Å². The molecule has 0 bridgehead atoms. The highest BCUT2D eigenvalue weighted by Gasteiger charge is 2.16. The molecule has 1 heteroatoms. The molecule has 0 N–H and O–H groups in total. The fourth-order valence-electron chi connectivity index (χ4n) is 2.17. The molecule has 1 aromatic rings. The molecule has 1 rings (SSSR count). The van der Waals surface area contributed by atoms with E-state index in [1.807, 2.05) is 0 Å². The van der Waals surface area contributed by atoms with Crippen molar-refractivity contribution < 1.29 is 4.79 Å². The minimum atomic E-state index is 0.0589. The Hall–Kier alpha value is -1.11. The van der Waals surface area contributed by atoms with Crippen LogP contribution in [0.1, 0.15) is 47.1 Å². The summed E-state index contributed by atoms with van der Waals surface area (Å²) in [4.78, 5) is 11.1. The second-order valence-corrected chi connectivity index (χ2v) is 4.32. The predicted octanol–water partition coefficient (Wildman–Crippen LogP) is 3.61. The first-order chi connectivity index (χ1) is 7.02. The molecule has 0 aliphatic carbocycles. The molecule has 82 valence electrons. The first kappa shape index (κ1) is 12.0. The summed E-state index contributed by atoms with van der Waals surface area (Å²) in [5.74, 6) is 0.0589. The molecule has 0 spiro atoms. The van der Waals surface area contributed by atoms with Crippen molar-refractivity contribution in [2.45, 2.75) is 47.0 Å². The SMILES string of the molecule is CCC(C=O)c1c(C)c(C)cc(C)c1C. The molecule has 1 atom stereocenters. The van der Waals surface area contributed by atoms with Gasteiger partial charge in [-0.2, -0.15) is 0 Å². The molecular formula is C14H20O. The van der Waals surface area contributed by atoms with Crippen molar-refractivity contribution in [3.63, 3.8) is 0 Å². The summed E-state index contributed by atoms with van der Waals surface area (Å²) in [6.45, 7) is 10.5. The summed E-state index contributed by atoms with van der Waals surface area (Å²) < 4.78 is 0. The molecule has 1 nitrogen and oxygen atoms in total. The second kappa shape index (κ2) is 4.61. The first-order valence-electron chi connectivity index (χ1n) is 5.55. The molecule has 0 amide bonds. The third-order valence-corrected chi connectivity index (χ3v) is 3.40. The van der Waals surface area contributed by atoms with Crippen LogP contribution >= 0.6 is 0 Å². The van der Waals surface area contributed by atoms with E-state index >= 15 is 0 Å². The highest BCUT2D eigenvalue weighted by molar-refractivity contribution is 5.65. The van der Waals surface area contributed by atoms with Gasteiger partial charge in [-0.05, 0) is 61.9 Å². The van der Waals surface area contributed by atoms with E-state index in [1.165, 1.54) is 27.8 Å². The van der Waals surface area contributed by atoms with Crippen LogP contribution < -0.4 is 0 Å². The van der Waals surface area contributed by atoms with Crippen molar-refractivity contribution in [1.82, 2.24) is 0 Å². The van der Waals surface area contributed by atoms with E-state index in [4.69, 9.17) is 0 Å². The Kier molecular flexibility index (Phi) is 3.67. The number of rotatable bonds is 3. The van der Waals surface area contributed by atoms with Crippen molar-refractivity contribution in [1.29, 1.82) is 0 Å². The average Bonchev–Trinajstić information content (AvgIpc) is 2.21. The number of aldehydes is 1. The highest BCUT2D eigenvalue weighted by Crippen LogP contribution is 2.29. The van der Waals surface area contributed by atoms with Gasteiger partial charge in [0.2, 0.25) is 0 Å². The van der Waals surface area contributed by atoms with E-state index in [2.05, 4.69) is 40.7 Å². The van der Waals surface area contributed by atoms with Crippen LogP contribution in [0.2, 0.25) is 0 Å². The lowest BCUT2D eigenvalue weighted by molar-refractivity contribution is -0.109. The van der Waals surface area contributed by atoms with Crippen LogP contribution in [0.4, 0.5) is 0 Å². The van der Waals surface area contributed by atoms with Crippen LogP contribution in [0.15, 0.2) is 6.07 Å². The van der Waals surface area contributed by atoms with Crippen LogP contribution in [0.5, 0.6) is 0 Å². The normalized spacial score (nSPS) is 12.6. The molecule has 0 fully saturated rings. The van der Waals surface area contributed by atoms with Gasteiger partial charge in [-0.15, -0.1) is 0 Å². The molecule has 0 aliphatic rings. The molecular weight excluding hydrogens is 184 g/mol. The molecule has 1 aromatic carbocycles. The maximum absolute atomic E-state index is 11.1. The van der Waals surface area contributed by atoms with Crippen molar-refractivity contribution in [3.8, 4) is 0 Å². The Morgan fingerprint density at radius 3 is 1.93 bits per heavy atom. The van der Waals surface area contributed by atoms with Gasteiger partial charge < -0.3 is 4.79 Å². The summed E-state index contributed by atoms with van der Waals surface area (Å²) >= 11 is 0. The smallest absolute Gasteiger partial charge is 0.127 e. The summed E-state index contributed by atoms with van der Waals surface area (Å²) in [6.07, 6.45) is 1.96. The van der Waals surface area contributed by atoms with Crippen LogP contribution in [0.3, 0.4) is 0 Å². The van der Waals surface area contributed by atoms with Crippen molar-refractivity contribution in [2.75, 3.05) is 0 Å². The standard InChI is InChI=1S/C14H20O/c1-6-13(8-15)14-11(4)9(2)7-10(3)12(14)5/h7-8,13H,6H2,1-5H3. The fourth-order valence-corrected chi connectivity index (χ4v) is 2.17. The van der Waals surface area contributed by atoms with E-state index in [1.54, 1.807) is 0 Å². The largest absolute Gasteiger partial charge is 0.303 e. The van der Waals surface area contributed by atoms with Gasteiger partial charge in [0.05, 0.1) is 0 Å². The molecule has 0 radical (unpaired) electrons. The average molecular weight is 204 g/mol. The number of carbonyl (C=O) groups is 1.